The molecule has 1 unspecified atom stereocenters. The van der Waals surface area contributed by atoms with Gasteiger partial charge in [0.15, 0.2) is 0 Å². The largest absolute Gasteiger partial charge is 0.264 e. The standard InChI is InChI=1S/C7H13F2P/c1-2-3-6(4-5-6)7(8,9)10/h2-5,10H2,1H3. The maximum Gasteiger partial charge on any atom is 0.264 e. The molecule has 0 nitrogen and oxygen atoms in total. The molecule has 0 aliphatic heterocycles. The van der Waals surface area contributed by atoms with Gasteiger partial charge in [-0.3, -0.25) is 0 Å². The molecule has 0 spiro atoms. The average Bonchev–Trinajstić information content (AvgIpc) is 2.45. The monoisotopic (exact) mass is 166 g/mol. The van der Waals surface area contributed by atoms with Crippen LogP contribution in [0.2, 0.25) is 0 Å². The van der Waals surface area contributed by atoms with Crippen LogP contribution in [-0.2, 0) is 0 Å². The third-order valence-corrected chi connectivity index (χ3v) is 2.90. The van der Waals surface area contributed by atoms with E-state index in [0.717, 1.165) is 6.42 Å². The Morgan fingerprint density at radius 2 is 2.00 bits per heavy atom. The summed E-state index contributed by atoms with van der Waals surface area (Å²) in [5.41, 5.74) is -3.16. The number of hydrogen-bond donors (Lipinski definition) is 0. The molecule has 0 radical (unpaired) electrons. The van der Waals surface area contributed by atoms with E-state index in [-0.39, 0.29) is 0 Å². The molecular formula is C7H13F2P. The molecule has 0 N–H and O–H groups in total. The summed E-state index contributed by atoms with van der Waals surface area (Å²) in [4.78, 5) is 0. The van der Waals surface area contributed by atoms with Gasteiger partial charge in [0, 0.05) is 5.41 Å². The maximum atomic E-state index is 12.7. The summed E-state index contributed by atoms with van der Waals surface area (Å²) in [7, 11) is 1.66. The average molecular weight is 166 g/mol. The lowest BCUT2D eigenvalue weighted by Gasteiger charge is -2.21. The molecule has 3 heteroatoms. The summed E-state index contributed by atoms with van der Waals surface area (Å²) in [5.74, 6) is 0. The Balaban J connectivity index is 2.52. The van der Waals surface area contributed by atoms with Crippen molar-refractivity contribution >= 4 is 9.24 Å². The van der Waals surface area contributed by atoms with E-state index in [1.165, 1.54) is 0 Å². The van der Waals surface area contributed by atoms with E-state index in [4.69, 9.17) is 0 Å². The van der Waals surface area contributed by atoms with Crippen LogP contribution in [0.25, 0.3) is 0 Å². The second-order valence-electron chi connectivity index (χ2n) is 3.15. The molecule has 1 aliphatic carbocycles. The SMILES string of the molecule is CCCC1(C(F)(F)P)CC1. The lowest BCUT2D eigenvalue weighted by Crippen LogP contribution is -2.21. The highest BCUT2D eigenvalue weighted by Crippen LogP contribution is 2.62. The van der Waals surface area contributed by atoms with Crippen molar-refractivity contribution in [2.24, 2.45) is 5.41 Å². The molecule has 1 saturated carbocycles. The Hall–Kier alpha value is 0.290. The van der Waals surface area contributed by atoms with E-state index in [0.29, 0.717) is 19.3 Å². The van der Waals surface area contributed by atoms with Crippen molar-refractivity contribution in [3.63, 3.8) is 0 Å². The van der Waals surface area contributed by atoms with Crippen molar-refractivity contribution in [3.8, 4) is 0 Å². The Morgan fingerprint density at radius 3 is 2.10 bits per heavy atom. The smallest absolute Gasteiger partial charge is 0.202 e. The third-order valence-electron chi connectivity index (χ3n) is 2.29. The summed E-state index contributed by atoms with van der Waals surface area (Å²) in [6.45, 7) is 1.95. The highest BCUT2D eigenvalue weighted by Gasteiger charge is 2.57. The minimum Gasteiger partial charge on any atom is -0.202 e. The Kier molecular flexibility index (Phi) is 2.02. The topological polar surface area (TPSA) is 0 Å². The van der Waals surface area contributed by atoms with E-state index in [1.54, 1.807) is 9.24 Å². The van der Waals surface area contributed by atoms with Crippen LogP contribution in [0.3, 0.4) is 0 Å². The van der Waals surface area contributed by atoms with E-state index < -0.39 is 11.1 Å². The minimum absolute atomic E-state index is 0.633. The number of alkyl halides is 2. The summed E-state index contributed by atoms with van der Waals surface area (Å²) in [6.07, 6.45) is 2.95. The van der Waals surface area contributed by atoms with Gasteiger partial charge in [-0.15, -0.1) is 0 Å². The normalized spacial score (nSPS) is 22.8. The Labute approximate surface area is 62.6 Å². The van der Waals surface area contributed by atoms with Gasteiger partial charge in [0.1, 0.15) is 0 Å². The molecule has 1 fully saturated rings. The maximum absolute atomic E-state index is 12.7. The zero-order valence-corrected chi connectivity index (χ0v) is 7.32. The van der Waals surface area contributed by atoms with Gasteiger partial charge in [-0.1, -0.05) is 22.6 Å². The van der Waals surface area contributed by atoms with Crippen LogP contribution >= 0.6 is 9.24 Å². The first-order chi connectivity index (χ1) is 4.52. The van der Waals surface area contributed by atoms with Gasteiger partial charge in [-0.2, -0.15) is 0 Å². The first kappa shape index (κ1) is 8.39. The van der Waals surface area contributed by atoms with Crippen LogP contribution in [0.5, 0.6) is 0 Å². The summed E-state index contributed by atoms with van der Waals surface area (Å²) in [5, 5.41) is 0. The van der Waals surface area contributed by atoms with Gasteiger partial charge in [0.05, 0.1) is 0 Å². The molecule has 1 atom stereocenters. The van der Waals surface area contributed by atoms with Gasteiger partial charge in [0.25, 0.3) is 5.66 Å². The molecule has 1 aliphatic rings. The number of rotatable bonds is 3. The van der Waals surface area contributed by atoms with Crippen LogP contribution in [0.1, 0.15) is 32.6 Å². The highest BCUT2D eigenvalue weighted by molar-refractivity contribution is 7.18. The van der Waals surface area contributed by atoms with Crippen LogP contribution in [0.4, 0.5) is 8.78 Å². The molecule has 1 rings (SSSR count). The van der Waals surface area contributed by atoms with Crippen molar-refractivity contribution in [1.29, 1.82) is 0 Å². The third kappa shape index (κ3) is 1.32. The highest BCUT2D eigenvalue weighted by atomic mass is 31.0. The van der Waals surface area contributed by atoms with Crippen molar-refractivity contribution < 1.29 is 8.78 Å². The molecule has 0 aromatic rings. The first-order valence-corrected chi connectivity index (χ1v) is 4.26. The van der Waals surface area contributed by atoms with Crippen molar-refractivity contribution in [2.75, 3.05) is 0 Å². The van der Waals surface area contributed by atoms with Crippen molar-refractivity contribution in [1.82, 2.24) is 0 Å². The van der Waals surface area contributed by atoms with Crippen LogP contribution in [0.15, 0.2) is 0 Å². The fourth-order valence-corrected chi connectivity index (χ4v) is 1.81. The van der Waals surface area contributed by atoms with E-state index in [9.17, 15) is 8.78 Å². The summed E-state index contributed by atoms with van der Waals surface area (Å²) < 4.78 is 25.4. The molecule has 10 heavy (non-hydrogen) atoms. The van der Waals surface area contributed by atoms with E-state index in [1.807, 2.05) is 6.92 Å². The second kappa shape index (κ2) is 2.41. The fourth-order valence-electron chi connectivity index (χ4n) is 1.38. The zero-order valence-electron chi connectivity index (χ0n) is 6.16. The molecule has 0 heterocycles. The lowest BCUT2D eigenvalue weighted by molar-refractivity contribution is 0.0159. The molecule has 0 bridgehead atoms. The predicted octanol–water partition coefficient (Wildman–Crippen LogP) is 3.03. The molecule has 60 valence electrons. The molecule has 0 saturated heterocycles. The molecule has 0 aromatic heterocycles. The van der Waals surface area contributed by atoms with Gasteiger partial charge in [-0.25, -0.2) is 8.78 Å². The number of hydrogen-bond acceptors (Lipinski definition) is 0. The lowest BCUT2D eigenvalue weighted by atomic mass is 10.0. The molecule has 0 aromatic carbocycles. The van der Waals surface area contributed by atoms with Crippen LogP contribution < -0.4 is 0 Å². The molecule has 0 amide bonds. The van der Waals surface area contributed by atoms with Gasteiger partial charge < -0.3 is 0 Å². The Morgan fingerprint density at radius 1 is 1.50 bits per heavy atom. The molecular weight excluding hydrogens is 153 g/mol. The zero-order chi connectivity index (χ0) is 7.83. The van der Waals surface area contributed by atoms with Gasteiger partial charge in [0.2, 0.25) is 0 Å². The first-order valence-electron chi connectivity index (χ1n) is 3.68. The van der Waals surface area contributed by atoms with E-state index in [2.05, 4.69) is 0 Å². The van der Waals surface area contributed by atoms with Crippen molar-refractivity contribution in [2.45, 2.75) is 38.3 Å². The van der Waals surface area contributed by atoms with Gasteiger partial charge in [-0.05, 0) is 19.3 Å². The fraction of sp³-hybridized carbons (Fsp3) is 1.00. The second-order valence-corrected chi connectivity index (χ2v) is 3.88. The number of halogens is 2. The summed E-state index contributed by atoms with van der Waals surface area (Å²) >= 11 is 0. The minimum atomic E-state index is -2.52. The van der Waals surface area contributed by atoms with Crippen LogP contribution in [-0.4, -0.2) is 5.66 Å². The van der Waals surface area contributed by atoms with Crippen LogP contribution in [0, 0.1) is 5.41 Å². The van der Waals surface area contributed by atoms with E-state index >= 15 is 0 Å². The summed E-state index contributed by atoms with van der Waals surface area (Å²) in [6, 6.07) is 0. The van der Waals surface area contributed by atoms with Gasteiger partial charge >= 0.3 is 0 Å². The predicted molar refractivity (Wildman–Crippen MR) is 41.2 cm³/mol. The van der Waals surface area contributed by atoms with Crippen molar-refractivity contribution in [3.05, 3.63) is 0 Å². The Bertz CT molecular complexity index is 124. The quantitative estimate of drug-likeness (QED) is 0.565.